The number of hydrogen-bond acceptors (Lipinski definition) is 4. The predicted molar refractivity (Wildman–Crippen MR) is 122 cm³/mol. The van der Waals surface area contributed by atoms with E-state index >= 15 is 0 Å². The highest BCUT2D eigenvalue weighted by Crippen LogP contribution is 2.32. The molecule has 6 nitrogen and oxygen atoms in total. The van der Waals surface area contributed by atoms with Gasteiger partial charge in [-0.3, -0.25) is 14.4 Å². The Morgan fingerprint density at radius 2 is 1.69 bits per heavy atom. The van der Waals surface area contributed by atoms with Crippen LogP contribution in [0.5, 0.6) is 5.75 Å². The molecule has 0 bridgehead atoms. The Bertz CT molecular complexity index is 952. The van der Waals surface area contributed by atoms with Crippen LogP contribution in [0.4, 0.5) is 5.69 Å². The third-order valence-corrected chi connectivity index (χ3v) is 6.32. The van der Waals surface area contributed by atoms with Crippen LogP contribution in [0.1, 0.15) is 51.0 Å². The molecule has 1 heterocycles. The minimum absolute atomic E-state index is 0.00184. The van der Waals surface area contributed by atoms with E-state index in [9.17, 15) is 14.4 Å². The molecule has 1 aliphatic carbocycles. The lowest BCUT2D eigenvalue weighted by atomic mass is 9.92. The molecule has 1 aliphatic heterocycles. The van der Waals surface area contributed by atoms with Gasteiger partial charge in [0, 0.05) is 6.04 Å². The van der Waals surface area contributed by atoms with E-state index in [4.69, 9.17) is 4.74 Å². The first-order valence-corrected chi connectivity index (χ1v) is 11.5. The number of ether oxygens (including phenoxy) is 1. The van der Waals surface area contributed by atoms with Gasteiger partial charge in [-0.05, 0) is 49.6 Å². The fourth-order valence-corrected chi connectivity index (χ4v) is 4.82. The Morgan fingerprint density at radius 3 is 2.34 bits per heavy atom. The largest absolute Gasteiger partial charge is 0.494 e. The summed E-state index contributed by atoms with van der Waals surface area (Å²) in [6.45, 7) is 2.45. The summed E-state index contributed by atoms with van der Waals surface area (Å²) < 4.78 is 5.46. The Morgan fingerprint density at radius 1 is 1.00 bits per heavy atom. The van der Waals surface area contributed by atoms with Gasteiger partial charge in [-0.2, -0.15) is 0 Å². The van der Waals surface area contributed by atoms with E-state index < -0.39 is 6.04 Å². The topological polar surface area (TPSA) is 66.9 Å². The summed E-state index contributed by atoms with van der Waals surface area (Å²) in [6, 6.07) is 15.8. The van der Waals surface area contributed by atoms with Crippen LogP contribution in [-0.2, 0) is 20.8 Å². The van der Waals surface area contributed by atoms with Gasteiger partial charge in [0.05, 0.1) is 25.1 Å². The molecule has 0 radical (unpaired) electrons. The van der Waals surface area contributed by atoms with Gasteiger partial charge in [0.15, 0.2) is 0 Å². The van der Waals surface area contributed by atoms with Gasteiger partial charge in [0.25, 0.3) is 5.91 Å². The van der Waals surface area contributed by atoms with Crippen molar-refractivity contribution in [1.82, 2.24) is 4.90 Å². The highest BCUT2D eigenvalue weighted by atomic mass is 16.5. The van der Waals surface area contributed by atoms with Crippen molar-refractivity contribution in [3.8, 4) is 5.75 Å². The zero-order valence-corrected chi connectivity index (χ0v) is 18.5. The standard InChI is InChI=1S/C26H30N2O4/c1-2-32-22-15-13-21(14-16-22)28-25(30)18-23(26(28)31)27(20-11-7-4-8-12-20)24(29)17-19-9-5-3-6-10-19/h3,5-6,9-10,13-16,20,23H,2,4,7-8,11-12,17-18H2,1H3. The lowest BCUT2D eigenvalue weighted by Crippen LogP contribution is -2.51. The first-order valence-electron chi connectivity index (χ1n) is 11.5. The molecule has 2 aliphatic rings. The number of carbonyl (C=O) groups is 3. The molecule has 2 aromatic rings. The Labute approximate surface area is 189 Å². The average Bonchev–Trinajstić information content (AvgIpc) is 3.10. The predicted octanol–water partition coefficient (Wildman–Crippen LogP) is 4.12. The number of rotatable bonds is 7. The van der Waals surface area contributed by atoms with Crippen LogP contribution in [0.15, 0.2) is 54.6 Å². The van der Waals surface area contributed by atoms with Crippen molar-refractivity contribution in [1.29, 1.82) is 0 Å². The second-order valence-electron chi connectivity index (χ2n) is 8.47. The minimum Gasteiger partial charge on any atom is -0.494 e. The summed E-state index contributed by atoms with van der Waals surface area (Å²) in [5.41, 5.74) is 1.43. The number of benzene rings is 2. The van der Waals surface area contributed by atoms with Crippen LogP contribution in [0.2, 0.25) is 0 Å². The molecular formula is C26H30N2O4. The number of hydrogen-bond donors (Lipinski definition) is 0. The molecule has 2 fully saturated rings. The van der Waals surface area contributed by atoms with Crippen molar-refractivity contribution < 1.29 is 19.1 Å². The third kappa shape index (κ3) is 4.69. The molecule has 168 valence electrons. The molecule has 4 rings (SSSR count). The van der Waals surface area contributed by atoms with Crippen LogP contribution in [0.3, 0.4) is 0 Å². The molecule has 3 amide bonds. The first-order chi connectivity index (χ1) is 15.6. The summed E-state index contributed by atoms with van der Waals surface area (Å²) in [7, 11) is 0. The molecule has 2 aromatic carbocycles. The zero-order valence-electron chi connectivity index (χ0n) is 18.5. The summed E-state index contributed by atoms with van der Waals surface area (Å²) >= 11 is 0. The van der Waals surface area contributed by atoms with Crippen molar-refractivity contribution in [2.24, 2.45) is 0 Å². The molecular weight excluding hydrogens is 404 g/mol. The maximum atomic E-state index is 13.4. The fourth-order valence-electron chi connectivity index (χ4n) is 4.82. The van der Waals surface area contributed by atoms with E-state index in [1.165, 1.54) is 4.90 Å². The van der Waals surface area contributed by atoms with E-state index in [0.29, 0.717) is 18.0 Å². The zero-order chi connectivity index (χ0) is 22.5. The van der Waals surface area contributed by atoms with Crippen molar-refractivity contribution in [2.45, 2.75) is 64.0 Å². The SMILES string of the molecule is CCOc1ccc(N2C(=O)CC(N(C(=O)Cc3ccccc3)C3CCCCC3)C2=O)cc1. The van der Waals surface area contributed by atoms with Gasteiger partial charge in [0.2, 0.25) is 11.8 Å². The van der Waals surface area contributed by atoms with Crippen molar-refractivity contribution in [2.75, 3.05) is 11.5 Å². The van der Waals surface area contributed by atoms with Crippen molar-refractivity contribution in [3.63, 3.8) is 0 Å². The van der Waals surface area contributed by atoms with Crippen LogP contribution in [0, 0.1) is 0 Å². The minimum atomic E-state index is -0.742. The molecule has 1 saturated carbocycles. The van der Waals surface area contributed by atoms with Crippen molar-refractivity contribution in [3.05, 3.63) is 60.2 Å². The van der Waals surface area contributed by atoms with Gasteiger partial charge < -0.3 is 9.64 Å². The monoisotopic (exact) mass is 434 g/mol. The van der Waals surface area contributed by atoms with Crippen LogP contribution in [-0.4, -0.2) is 41.3 Å². The van der Waals surface area contributed by atoms with Gasteiger partial charge in [0.1, 0.15) is 11.8 Å². The lowest BCUT2D eigenvalue weighted by Gasteiger charge is -2.37. The Hall–Kier alpha value is -3.15. The molecule has 32 heavy (non-hydrogen) atoms. The number of imide groups is 1. The van der Waals surface area contributed by atoms with Crippen molar-refractivity contribution >= 4 is 23.4 Å². The number of carbonyl (C=O) groups excluding carboxylic acids is 3. The smallest absolute Gasteiger partial charge is 0.257 e. The lowest BCUT2D eigenvalue weighted by molar-refractivity contribution is -0.141. The molecule has 0 N–H and O–H groups in total. The summed E-state index contributed by atoms with van der Waals surface area (Å²) in [6.07, 6.45) is 5.24. The summed E-state index contributed by atoms with van der Waals surface area (Å²) in [5, 5.41) is 0. The molecule has 0 aromatic heterocycles. The molecule has 1 saturated heterocycles. The normalized spacial score (nSPS) is 19.3. The van der Waals surface area contributed by atoms with Crippen LogP contribution >= 0.6 is 0 Å². The maximum absolute atomic E-state index is 13.4. The van der Waals surface area contributed by atoms with Gasteiger partial charge in [-0.25, -0.2) is 4.90 Å². The number of amides is 3. The summed E-state index contributed by atoms with van der Waals surface area (Å²) in [5.74, 6) is 0.0279. The fraction of sp³-hybridized carbons (Fsp3) is 0.423. The molecule has 6 heteroatoms. The third-order valence-electron chi connectivity index (χ3n) is 6.32. The molecule has 1 unspecified atom stereocenters. The van der Waals surface area contributed by atoms with E-state index in [1.54, 1.807) is 29.2 Å². The van der Waals surface area contributed by atoms with Gasteiger partial charge in [-0.15, -0.1) is 0 Å². The molecule has 1 atom stereocenters. The average molecular weight is 435 g/mol. The quantitative estimate of drug-likeness (QED) is 0.615. The first kappa shape index (κ1) is 22.1. The second-order valence-corrected chi connectivity index (χ2v) is 8.47. The maximum Gasteiger partial charge on any atom is 0.257 e. The second kappa shape index (κ2) is 9.98. The van der Waals surface area contributed by atoms with E-state index in [-0.39, 0.29) is 36.6 Å². The molecule has 0 spiro atoms. The van der Waals surface area contributed by atoms with Gasteiger partial charge in [-0.1, -0.05) is 49.6 Å². The number of nitrogens with zero attached hydrogens (tertiary/aromatic N) is 2. The highest BCUT2D eigenvalue weighted by molar-refractivity contribution is 6.23. The van der Waals surface area contributed by atoms with Crippen LogP contribution in [0.25, 0.3) is 0 Å². The van der Waals surface area contributed by atoms with E-state index in [0.717, 1.165) is 37.7 Å². The van der Waals surface area contributed by atoms with E-state index in [2.05, 4.69) is 0 Å². The highest BCUT2D eigenvalue weighted by Gasteiger charge is 2.46. The number of anilines is 1. The van der Waals surface area contributed by atoms with Gasteiger partial charge >= 0.3 is 0 Å². The Balaban J connectivity index is 1.58. The Kier molecular flexibility index (Phi) is 6.88. The van der Waals surface area contributed by atoms with Crippen LogP contribution < -0.4 is 9.64 Å². The van der Waals surface area contributed by atoms with E-state index in [1.807, 2.05) is 37.3 Å². The summed E-state index contributed by atoms with van der Waals surface area (Å²) in [4.78, 5) is 42.8.